The maximum Gasteiger partial charge on any atom is 0.201 e. The average Bonchev–Trinajstić information content (AvgIpc) is 2.26. The summed E-state index contributed by atoms with van der Waals surface area (Å²) in [7, 11) is 1.69. The lowest BCUT2D eigenvalue weighted by Gasteiger charge is -2.33. The van der Waals surface area contributed by atoms with Crippen LogP contribution in [0.5, 0.6) is 0 Å². The monoisotopic (exact) mass is 214 g/mol. The Hall–Kier alpha value is -0.380. The average molecular weight is 214 g/mol. The van der Waals surface area contributed by atoms with E-state index in [1.807, 2.05) is 19.9 Å². The first-order valence-corrected chi connectivity index (χ1v) is 5.68. The van der Waals surface area contributed by atoms with Crippen LogP contribution in [0.2, 0.25) is 0 Å². The van der Waals surface area contributed by atoms with E-state index in [0.29, 0.717) is 6.61 Å². The molecular weight excluding hydrogens is 192 g/mol. The summed E-state index contributed by atoms with van der Waals surface area (Å²) in [5.41, 5.74) is 1.23. The lowest BCUT2D eigenvalue weighted by molar-refractivity contribution is -0.427. The molecule has 1 fully saturated rings. The quantitative estimate of drug-likeness (QED) is 0.231. The second-order valence-corrected chi connectivity index (χ2v) is 4.32. The molecule has 15 heavy (non-hydrogen) atoms. The molecule has 0 amide bonds. The zero-order valence-electron chi connectivity index (χ0n) is 10.0. The van der Waals surface area contributed by atoms with Gasteiger partial charge in [0.25, 0.3) is 0 Å². The normalized spacial score (nSPS) is 19.9. The van der Waals surface area contributed by atoms with Gasteiger partial charge in [0.05, 0.1) is 0 Å². The van der Waals surface area contributed by atoms with Crippen LogP contribution in [0.3, 0.4) is 0 Å². The van der Waals surface area contributed by atoms with Crippen LogP contribution >= 0.6 is 0 Å². The maximum absolute atomic E-state index is 5.42. The molecule has 0 N–H and O–H groups in total. The van der Waals surface area contributed by atoms with Crippen LogP contribution in [0.25, 0.3) is 0 Å². The summed E-state index contributed by atoms with van der Waals surface area (Å²) in [6.07, 6.45) is 7.42. The molecule has 0 atom stereocenters. The minimum Gasteiger partial charge on any atom is -0.351 e. The van der Waals surface area contributed by atoms with E-state index in [4.69, 9.17) is 14.5 Å². The highest BCUT2D eigenvalue weighted by Crippen LogP contribution is 2.32. The van der Waals surface area contributed by atoms with Gasteiger partial charge in [0, 0.05) is 20.0 Å². The van der Waals surface area contributed by atoms with Crippen molar-refractivity contribution in [3.8, 4) is 0 Å². The summed E-state index contributed by atoms with van der Waals surface area (Å²) >= 11 is 0. The van der Waals surface area contributed by atoms with Gasteiger partial charge < -0.3 is 4.74 Å². The smallest absolute Gasteiger partial charge is 0.201 e. The van der Waals surface area contributed by atoms with Gasteiger partial charge in [0.1, 0.15) is 6.61 Å². The zero-order chi connectivity index (χ0) is 11.1. The summed E-state index contributed by atoms with van der Waals surface area (Å²) in [6, 6.07) is 0. The van der Waals surface area contributed by atoms with Crippen molar-refractivity contribution in [3.63, 3.8) is 0 Å². The Morgan fingerprint density at radius 2 is 1.87 bits per heavy atom. The third-order valence-corrected chi connectivity index (χ3v) is 2.76. The largest absolute Gasteiger partial charge is 0.351 e. The molecule has 0 unspecified atom stereocenters. The van der Waals surface area contributed by atoms with Crippen LogP contribution in [0, 0.1) is 0 Å². The van der Waals surface area contributed by atoms with E-state index in [2.05, 4.69) is 0 Å². The first kappa shape index (κ1) is 12.7. The summed E-state index contributed by atoms with van der Waals surface area (Å²) in [6.45, 7) is 4.57. The van der Waals surface area contributed by atoms with Crippen molar-refractivity contribution in [2.45, 2.75) is 51.7 Å². The molecule has 1 rings (SSSR count). The van der Waals surface area contributed by atoms with Gasteiger partial charge in [-0.2, -0.15) is 0 Å². The second kappa shape index (κ2) is 6.26. The van der Waals surface area contributed by atoms with E-state index in [1.165, 1.54) is 12.0 Å². The van der Waals surface area contributed by atoms with Crippen LogP contribution in [-0.2, 0) is 14.5 Å². The van der Waals surface area contributed by atoms with Crippen LogP contribution in [0.15, 0.2) is 11.6 Å². The van der Waals surface area contributed by atoms with E-state index in [-0.39, 0.29) is 0 Å². The molecule has 0 heterocycles. The Morgan fingerprint density at radius 3 is 2.40 bits per heavy atom. The lowest BCUT2D eigenvalue weighted by Crippen LogP contribution is -2.37. The molecule has 1 aliphatic carbocycles. The van der Waals surface area contributed by atoms with E-state index in [1.54, 1.807) is 7.11 Å². The van der Waals surface area contributed by atoms with E-state index >= 15 is 0 Å². The number of ether oxygens (including phenoxy) is 1. The lowest BCUT2D eigenvalue weighted by atomic mass is 9.94. The summed E-state index contributed by atoms with van der Waals surface area (Å²) in [5, 5.41) is 0. The molecule has 0 aromatic heterocycles. The van der Waals surface area contributed by atoms with Crippen molar-refractivity contribution in [2.75, 3.05) is 13.7 Å². The van der Waals surface area contributed by atoms with Crippen LogP contribution in [0.4, 0.5) is 0 Å². The molecule has 0 bridgehead atoms. The zero-order valence-corrected chi connectivity index (χ0v) is 10.0. The molecule has 3 heteroatoms. The van der Waals surface area contributed by atoms with Crippen molar-refractivity contribution < 1.29 is 14.5 Å². The number of hydrogen-bond acceptors (Lipinski definition) is 3. The standard InChI is InChI=1S/C12H22O3/c1-11(2)7-10-14-15-12(13-3)8-5-4-6-9-12/h7H,4-6,8-10H2,1-3H3. The fraction of sp³-hybridized carbons (Fsp3) is 0.833. The van der Waals surface area contributed by atoms with Crippen molar-refractivity contribution in [1.29, 1.82) is 0 Å². The molecule has 0 aromatic rings. The summed E-state index contributed by atoms with van der Waals surface area (Å²) in [4.78, 5) is 10.6. The molecule has 0 aromatic carbocycles. The van der Waals surface area contributed by atoms with Crippen LogP contribution in [0.1, 0.15) is 46.0 Å². The molecule has 0 spiro atoms. The maximum atomic E-state index is 5.42. The molecule has 0 aliphatic heterocycles. The highest BCUT2D eigenvalue weighted by molar-refractivity contribution is 4.92. The molecule has 0 radical (unpaired) electrons. The first-order valence-electron chi connectivity index (χ1n) is 5.68. The van der Waals surface area contributed by atoms with Gasteiger partial charge in [-0.3, -0.25) is 0 Å². The fourth-order valence-corrected chi connectivity index (χ4v) is 1.75. The molecule has 88 valence electrons. The van der Waals surface area contributed by atoms with Gasteiger partial charge in [0.15, 0.2) is 0 Å². The van der Waals surface area contributed by atoms with Gasteiger partial charge in [-0.1, -0.05) is 18.1 Å². The number of methoxy groups -OCH3 is 1. The van der Waals surface area contributed by atoms with Gasteiger partial charge in [-0.05, 0) is 26.7 Å². The fourth-order valence-electron chi connectivity index (χ4n) is 1.75. The minimum atomic E-state index is -0.492. The van der Waals surface area contributed by atoms with Crippen molar-refractivity contribution in [2.24, 2.45) is 0 Å². The molecule has 1 aliphatic rings. The number of allylic oxidation sites excluding steroid dienone is 1. The summed E-state index contributed by atoms with van der Waals surface area (Å²) < 4.78 is 5.42. The highest BCUT2D eigenvalue weighted by atomic mass is 17.2. The predicted octanol–water partition coefficient (Wildman–Crippen LogP) is 3.21. The molecule has 3 nitrogen and oxygen atoms in total. The summed E-state index contributed by atoms with van der Waals surface area (Å²) in [5.74, 6) is -0.492. The van der Waals surface area contributed by atoms with Gasteiger partial charge in [0.2, 0.25) is 5.79 Å². The van der Waals surface area contributed by atoms with Gasteiger partial charge >= 0.3 is 0 Å². The molecule has 1 saturated carbocycles. The van der Waals surface area contributed by atoms with E-state index in [0.717, 1.165) is 25.7 Å². The second-order valence-electron chi connectivity index (χ2n) is 4.32. The Kier molecular flexibility index (Phi) is 5.29. The Bertz CT molecular complexity index is 201. The van der Waals surface area contributed by atoms with Crippen LogP contribution in [-0.4, -0.2) is 19.5 Å². The van der Waals surface area contributed by atoms with Gasteiger partial charge in [-0.15, -0.1) is 0 Å². The predicted molar refractivity (Wildman–Crippen MR) is 59.3 cm³/mol. The van der Waals surface area contributed by atoms with Crippen LogP contribution < -0.4 is 0 Å². The molecule has 0 saturated heterocycles. The topological polar surface area (TPSA) is 27.7 Å². The third-order valence-electron chi connectivity index (χ3n) is 2.76. The SMILES string of the molecule is COC1(OOCC=C(C)C)CCCCC1. The Labute approximate surface area is 92.3 Å². The third kappa shape index (κ3) is 4.33. The van der Waals surface area contributed by atoms with Crippen molar-refractivity contribution in [1.82, 2.24) is 0 Å². The van der Waals surface area contributed by atoms with E-state index < -0.39 is 5.79 Å². The van der Waals surface area contributed by atoms with Gasteiger partial charge in [-0.25, -0.2) is 9.78 Å². The van der Waals surface area contributed by atoms with Crippen molar-refractivity contribution in [3.05, 3.63) is 11.6 Å². The highest BCUT2D eigenvalue weighted by Gasteiger charge is 2.34. The van der Waals surface area contributed by atoms with Crippen molar-refractivity contribution >= 4 is 0 Å². The first-order chi connectivity index (χ1) is 7.18. The Morgan fingerprint density at radius 1 is 1.20 bits per heavy atom. The Balaban J connectivity index is 2.29. The minimum absolute atomic E-state index is 0.492. The number of rotatable bonds is 5. The van der Waals surface area contributed by atoms with E-state index in [9.17, 15) is 0 Å². The molecular formula is C12H22O3. The number of hydrogen-bond donors (Lipinski definition) is 0.